The molecule has 0 aliphatic carbocycles. The second-order valence-corrected chi connectivity index (χ2v) is 11.1. The van der Waals surface area contributed by atoms with Crippen LogP contribution < -0.4 is 0 Å². The van der Waals surface area contributed by atoms with Crippen molar-refractivity contribution in [3.8, 4) is 0 Å². The average Bonchev–Trinajstić information content (AvgIpc) is 2.48. The van der Waals surface area contributed by atoms with Crippen molar-refractivity contribution in [1.29, 1.82) is 0 Å². The molecule has 0 aromatic heterocycles. The molecule has 1 aromatic carbocycles. The summed E-state index contributed by atoms with van der Waals surface area (Å²) in [5, 5.41) is 0. The van der Waals surface area contributed by atoms with Crippen LogP contribution in [0.4, 0.5) is 0 Å². The molecule has 2 rings (SSSR count). The van der Waals surface area contributed by atoms with E-state index in [1.54, 1.807) is 0 Å². The lowest BCUT2D eigenvalue weighted by Gasteiger charge is -2.33. The molecule has 0 bridgehead atoms. The number of hydrogen-bond donors (Lipinski definition) is 0. The zero-order valence-electron chi connectivity index (χ0n) is 13.8. The maximum atomic E-state index is 6.23. The third-order valence-electron chi connectivity index (χ3n) is 4.32. The highest BCUT2D eigenvalue weighted by atomic mass is 28.4. The summed E-state index contributed by atoms with van der Waals surface area (Å²) in [6.07, 6.45) is 1.28. The van der Waals surface area contributed by atoms with Crippen LogP contribution in [0.1, 0.15) is 12.0 Å². The van der Waals surface area contributed by atoms with Crippen LogP contribution in [0.2, 0.25) is 19.1 Å². The van der Waals surface area contributed by atoms with Gasteiger partial charge >= 0.3 is 0 Å². The van der Waals surface area contributed by atoms with E-state index in [0.717, 1.165) is 6.61 Å². The molecule has 0 saturated carbocycles. The van der Waals surface area contributed by atoms with Gasteiger partial charge in [0, 0.05) is 26.2 Å². The summed E-state index contributed by atoms with van der Waals surface area (Å²) < 4.78 is 6.23. The summed E-state index contributed by atoms with van der Waals surface area (Å²) in [5.41, 5.74) is 1.29. The van der Waals surface area contributed by atoms with E-state index in [-0.39, 0.29) is 0 Å². The van der Waals surface area contributed by atoms with E-state index in [1.165, 1.54) is 50.8 Å². The van der Waals surface area contributed by atoms with Gasteiger partial charge in [0.1, 0.15) is 0 Å². The fraction of sp³-hybridized carbons (Fsp3) is 0.647. The third kappa shape index (κ3) is 6.30. The topological polar surface area (TPSA) is 15.7 Å². The molecule has 1 aliphatic rings. The lowest BCUT2D eigenvalue weighted by Crippen LogP contribution is -2.45. The Morgan fingerprint density at radius 3 is 2.38 bits per heavy atom. The van der Waals surface area contributed by atoms with Crippen molar-refractivity contribution in [1.82, 2.24) is 9.80 Å². The molecule has 0 atom stereocenters. The van der Waals surface area contributed by atoms with Crippen molar-refractivity contribution in [2.24, 2.45) is 0 Å². The predicted molar refractivity (Wildman–Crippen MR) is 92.1 cm³/mol. The van der Waals surface area contributed by atoms with Crippen molar-refractivity contribution in [3.63, 3.8) is 0 Å². The van der Waals surface area contributed by atoms with Gasteiger partial charge in [-0.1, -0.05) is 30.3 Å². The molecule has 0 N–H and O–H groups in total. The van der Waals surface area contributed by atoms with Gasteiger partial charge in [-0.25, -0.2) is 0 Å². The van der Waals surface area contributed by atoms with Crippen LogP contribution in [0.5, 0.6) is 0 Å². The smallest absolute Gasteiger partial charge is 0.187 e. The Labute approximate surface area is 131 Å². The summed E-state index contributed by atoms with van der Waals surface area (Å²) in [6, 6.07) is 11.8. The molecule has 0 unspecified atom stereocenters. The first-order valence-electron chi connectivity index (χ1n) is 8.14. The van der Waals surface area contributed by atoms with E-state index >= 15 is 0 Å². The predicted octanol–water partition coefficient (Wildman–Crippen LogP) is 3.05. The van der Waals surface area contributed by atoms with Crippen LogP contribution in [0, 0.1) is 0 Å². The molecule has 1 aliphatic heterocycles. The fourth-order valence-electron chi connectivity index (χ4n) is 2.72. The summed E-state index contributed by atoms with van der Waals surface area (Å²) in [6.45, 7) is 11.6. The van der Waals surface area contributed by atoms with Crippen LogP contribution in [0.3, 0.4) is 0 Å². The number of likely N-dealkylation sites (N-methyl/N-ethyl adjacent to an activating group) is 1. The zero-order valence-corrected chi connectivity index (χ0v) is 14.8. The van der Waals surface area contributed by atoms with Gasteiger partial charge in [0.2, 0.25) is 0 Å². The Morgan fingerprint density at radius 1 is 1.05 bits per heavy atom. The van der Waals surface area contributed by atoms with Crippen molar-refractivity contribution in [2.75, 3.05) is 39.8 Å². The standard InChI is InChI=1S/C17H30N2OSi/c1-18-11-13-19(14-12-18)10-7-15-21(2,3)20-16-17-8-5-4-6-9-17/h4-6,8-9H,7,10-16H2,1-3H3. The molecule has 1 saturated heterocycles. The molecule has 118 valence electrons. The SMILES string of the molecule is CN1CCN(CCC[Si](C)(C)OCc2ccccc2)CC1. The van der Waals surface area contributed by atoms with E-state index in [0.29, 0.717) is 0 Å². The van der Waals surface area contributed by atoms with E-state index in [2.05, 4.69) is 60.3 Å². The number of nitrogens with zero attached hydrogens (tertiary/aromatic N) is 2. The van der Waals surface area contributed by atoms with E-state index < -0.39 is 8.32 Å². The highest BCUT2D eigenvalue weighted by Crippen LogP contribution is 2.17. The van der Waals surface area contributed by atoms with Gasteiger partial charge < -0.3 is 14.2 Å². The molecular formula is C17H30N2OSi. The maximum Gasteiger partial charge on any atom is 0.187 e. The largest absolute Gasteiger partial charge is 0.413 e. The number of piperazine rings is 1. The minimum Gasteiger partial charge on any atom is -0.413 e. The van der Waals surface area contributed by atoms with Gasteiger partial charge in [-0.2, -0.15) is 0 Å². The second-order valence-electron chi connectivity index (χ2n) is 6.78. The highest BCUT2D eigenvalue weighted by molar-refractivity contribution is 6.71. The molecule has 0 radical (unpaired) electrons. The van der Waals surface area contributed by atoms with Crippen LogP contribution in [-0.4, -0.2) is 57.9 Å². The Morgan fingerprint density at radius 2 is 1.71 bits per heavy atom. The van der Waals surface area contributed by atoms with Crippen molar-refractivity contribution >= 4 is 8.32 Å². The van der Waals surface area contributed by atoms with E-state index in [4.69, 9.17) is 4.43 Å². The molecule has 1 aromatic rings. The summed E-state index contributed by atoms with van der Waals surface area (Å²) in [5.74, 6) is 0. The van der Waals surface area contributed by atoms with Gasteiger partial charge in [0.05, 0.1) is 6.61 Å². The van der Waals surface area contributed by atoms with Crippen molar-refractivity contribution in [3.05, 3.63) is 35.9 Å². The van der Waals surface area contributed by atoms with Crippen LogP contribution in [0.15, 0.2) is 30.3 Å². The molecular weight excluding hydrogens is 276 g/mol. The van der Waals surface area contributed by atoms with Crippen molar-refractivity contribution in [2.45, 2.75) is 32.2 Å². The number of hydrogen-bond acceptors (Lipinski definition) is 3. The molecule has 1 heterocycles. The zero-order chi connectivity index (χ0) is 15.1. The molecule has 3 nitrogen and oxygen atoms in total. The number of benzene rings is 1. The first-order valence-corrected chi connectivity index (χ1v) is 11.3. The Balaban J connectivity index is 1.64. The Kier molecular flexibility index (Phi) is 6.42. The lowest BCUT2D eigenvalue weighted by atomic mass is 10.2. The Bertz CT molecular complexity index is 403. The minimum absolute atomic E-state index is 0.772. The molecule has 0 amide bonds. The van der Waals surface area contributed by atoms with Gasteiger partial charge in [0.25, 0.3) is 0 Å². The Hall–Kier alpha value is -0.683. The second kappa shape index (κ2) is 8.08. The summed E-state index contributed by atoms with van der Waals surface area (Å²) in [7, 11) is 0.692. The molecule has 0 spiro atoms. The monoisotopic (exact) mass is 306 g/mol. The van der Waals surface area contributed by atoms with Gasteiger partial charge in [-0.05, 0) is 44.7 Å². The molecule has 1 fully saturated rings. The van der Waals surface area contributed by atoms with Gasteiger partial charge in [-0.15, -0.1) is 0 Å². The third-order valence-corrected chi connectivity index (χ3v) is 6.80. The highest BCUT2D eigenvalue weighted by Gasteiger charge is 2.23. The lowest BCUT2D eigenvalue weighted by molar-refractivity contribution is 0.153. The summed E-state index contributed by atoms with van der Waals surface area (Å²) >= 11 is 0. The maximum absolute atomic E-state index is 6.23. The molecule has 21 heavy (non-hydrogen) atoms. The van der Waals surface area contributed by atoms with Crippen LogP contribution in [0.25, 0.3) is 0 Å². The first-order chi connectivity index (χ1) is 10.1. The van der Waals surface area contributed by atoms with Crippen LogP contribution >= 0.6 is 0 Å². The molecule has 4 heteroatoms. The minimum atomic E-state index is -1.52. The number of rotatable bonds is 7. The average molecular weight is 307 g/mol. The van der Waals surface area contributed by atoms with E-state index in [1.807, 2.05) is 0 Å². The van der Waals surface area contributed by atoms with Crippen LogP contribution in [-0.2, 0) is 11.0 Å². The normalized spacial score (nSPS) is 18.0. The van der Waals surface area contributed by atoms with Gasteiger partial charge in [-0.3, -0.25) is 0 Å². The quantitative estimate of drug-likeness (QED) is 0.720. The van der Waals surface area contributed by atoms with Crippen molar-refractivity contribution < 1.29 is 4.43 Å². The van der Waals surface area contributed by atoms with Gasteiger partial charge in [0.15, 0.2) is 8.32 Å². The first kappa shape index (κ1) is 16.7. The summed E-state index contributed by atoms with van der Waals surface area (Å²) in [4.78, 5) is 5.01. The fourth-order valence-corrected chi connectivity index (χ4v) is 4.44. The van der Waals surface area contributed by atoms with E-state index in [9.17, 15) is 0 Å².